The maximum absolute atomic E-state index is 2.31. The number of fused-ring (bicyclic) bond motifs is 1. The standard InChI is InChI=1S/C13H17NS/c1-14(2)9-5-6-11-10-15-13-8-4-3-7-12(11)13/h3-4,7-8,10H,5-6,9H2,1-2H3. The molecule has 2 heteroatoms. The molecule has 1 nitrogen and oxygen atoms in total. The van der Waals surface area contributed by atoms with Gasteiger partial charge in [0.25, 0.3) is 0 Å². The van der Waals surface area contributed by atoms with Gasteiger partial charge in [-0.25, -0.2) is 0 Å². The summed E-state index contributed by atoms with van der Waals surface area (Å²) in [4.78, 5) is 2.24. The van der Waals surface area contributed by atoms with Crippen molar-refractivity contribution in [2.75, 3.05) is 20.6 Å². The molecular weight excluding hydrogens is 202 g/mol. The molecule has 0 atom stereocenters. The molecule has 0 fully saturated rings. The van der Waals surface area contributed by atoms with Crippen molar-refractivity contribution in [2.24, 2.45) is 0 Å². The molecule has 0 aliphatic heterocycles. The van der Waals surface area contributed by atoms with Crippen LogP contribution in [0.3, 0.4) is 0 Å². The van der Waals surface area contributed by atoms with Gasteiger partial charge in [0, 0.05) is 4.70 Å². The molecular formula is C13H17NS. The lowest BCUT2D eigenvalue weighted by Crippen LogP contribution is -2.13. The fourth-order valence-electron chi connectivity index (χ4n) is 1.81. The maximum atomic E-state index is 2.31. The smallest absolute Gasteiger partial charge is 0.0345 e. The fraction of sp³-hybridized carbons (Fsp3) is 0.385. The largest absolute Gasteiger partial charge is 0.309 e. The summed E-state index contributed by atoms with van der Waals surface area (Å²) in [5, 5.41) is 3.75. The SMILES string of the molecule is CN(C)CCCc1csc2ccccc12. The lowest BCUT2D eigenvalue weighted by atomic mass is 10.1. The highest BCUT2D eigenvalue weighted by Crippen LogP contribution is 2.26. The molecule has 0 unspecified atom stereocenters. The quantitative estimate of drug-likeness (QED) is 0.762. The van der Waals surface area contributed by atoms with E-state index in [2.05, 4.69) is 48.6 Å². The van der Waals surface area contributed by atoms with Crippen molar-refractivity contribution in [1.82, 2.24) is 4.90 Å². The van der Waals surface area contributed by atoms with Crippen LogP contribution in [0.1, 0.15) is 12.0 Å². The van der Waals surface area contributed by atoms with Crippen LogP contribution in [0.15, 0.2) is 29.6 Å². The molecule has 0 bridgehead atoms. The van der Waals surface area contributed by atoms with Gasteiger partial charge in [-0.05, 0) is 55.9 Å². The molecule has 0 aliphatic carbocycles. The van der Waals surface area contributed by atoms with Crippen molar-refractivity contribution in [2.45, 2.75) is 12.8 Å². The summed E-state index contributed by atoms with van der Waals surface area (Å²) >= 11 is 1.86. The van der Waals surface area contributed by atoms with Crippen molar-refractivity contribution >= 4 is 21.4 Å². The van der Waals surface area contributed by atoms with Gasteiger partial charge in [-0.1, -0.05) is 18.2 Å². The van der Waals surface area contributed by atoms with Crippen molar-refractivity contribution in [3.8, 4) is 0 Å². The Balaban J connectivity index is 2.08. The Hall–Kier alpha value is -0.860. The number of thiophene rings is 1. The van der Waals surface area contributed by atoms with Crippen molar-refractivity contribution in [3.05, 3.63) is 35.2 Å². The minimum absolute atomic E-state index is 1.17. The Morgan fingerprint density at radius 1 is 1.20 bits per heavy atom. The summed E-state index contributed by atoms with van der Waals surface area (Å²) in [6.07, 6.45) is 2.44. The summed E-state index contributed by atoms with van der Waals surface area (Å²) in [6.45, 7) is 1.17. The van der Waals surface area contributed by atoms with Crippen LogP contribution < -0.4 is 0 Å². The monoisotopic (exact) mass is 219 g/mol. The van der Waals surface area contributed by atoms with E-state index in [9.17, 15) is 0 Å². The van der Waals surface area contributed by atoms with Crippen LogP contribution in [0.25, 0.3) is 10.1 Å². The van der Waals surface area contributed by atoms with Crippen molar-refractivity contribution in [1.29, 1.82) is 0 Å². The molecule has 0 saturated heterocycles. The average molecular weight is 219 g/mol. The van der Waals surface area contributed by atoms with E-state index < -0.39 is 0 Å². The van der Waals surface area contributed by atoms with E-state index in [-0.39, 0.29) is 0 Å². The minimum Gasteiger partial charge on any atom is -0.309 e. The fourth-order valence-corrected chi connectivity index (χ4v) is 2.81. The molecule has 2 rings (SSSR count). The summed E-state index contributed by atoms with van der Waals surface area (Å²) in [7, 11) is 4.26. The zero-order chi connectivity index (χ0) is 10.7. The van der Waals surface area contributed by atoms with E-state index in [4.69, 9.17) is 0 Å². The van der Waals surface area contributed by atoms with Crippen LogP contribution in [0.2, 0.25) is 0 Å². The van der Waals surface area contributed by atoms with Gasteiger partial charge in [-0.3, -0.25) is 0 Å². The molecule has 1 heterocycles. The van der Waals surface area contributed by atoms with Gasteiger partial charge >= 0.3 is 0 Å². The number of benzene rings is 1. The van der Waals surface area contributed by atoms with Crippen LogP contribution in [0.4, 0.5) is 0 Å². The average Bonchev–Trinajstić information content (AvgIpc) is 2.62. The Bertz CT molecular complexity index is 431. The van der Waals surface area contributed by atoms with E-state index in [1.54, 1.807) is 0 Å². The Labute approximate surface area is 95.3 Å². The Kier molecular flexibility index (Phi) is 3.39. The number of nitrogens with zero attached hydrogens (tertiary/aromatic N) is 1. The number of hydrogen-bond acceptors (Lipinski definition) is 2. The van der Waals surface area contributed by atoms with Crippen LogP contribution in [-0.4, -0.2) is 25.5 Å². The van der Waals surface area contributed by atoms with E-state index in [0.717, 1.165) is 0 Å². The zero-order valence-electron chi connectivity index (χ0n) is 9.36. The molecule has 0 radical (unpaired) electrons. The predicted molar refractivity (Wildman–Crippen MR) is 68.7 cm³/mol. The molecule has 1 aromatic heterocycles. The molecule has 0 aliphatic rings. The maximum Gasteiger partial charge on any atom is 0.0345 e. The molecule has 1 aromatic carbocycles. The van der Waals surface area contributed by atoms with E-state index in [0.29, 0.717) is 0 Å². The molecule has 80 valence electrons. The van der Waals surface area contributed by atoms with E-state index in [1.165, 1.54) is 35.0 Å². The highest BCUT2D eigenvalue weighted by molar-refractivity contribution is 7.17. The summed E-state index contributed by atoms with van der Waals surface area (Å²) in [5.41, 5.74) is 1.51. The van der Waals surface area contributed by atoms with Crippen LogP contribution >= 0.6 is 11.3 Å². The first-order valence-corrected chi connectivity index (χ1v) is 6.25. The molecule has 2 aromatic rings. The second-order valence-electron chi connectivity index (χ2n) is 4.16. The number of aryl methyl sites for hydroxylation is 1. The highest BCUT2D eigenvalue weighted by atomic mass is 32.1. The predicted octanol–water partition coefficient (Wildman–Crippen LogP) is 3.40. The topological polar surface area (TPSA) is 3.24 Å². The van der Waals surface area contributed by atoms with Gasteiger partial charge in [0.2, 0.25) is 0 Å². The molecule has 0 saturated carbocycles. The van der Waals surface area contributed by atoms with Crippen LogP contribution in [0, 0.1) is 0 Å². The minimum atomic E-state index is 1.17. The Morgan fingerprint density at radius 2 is 2.00 bits per heavy atom. The van der Waals surface area contributed by atoms with Gasteiger partial charge in [0.15, 0.2) is 0 Å². The van der Waals surface area contributed by atoms with Crippen LogP contribution in [-0.2, 0) is 6.42 Å². The normalized spacial score (nSPS) is 11.4. The van der Waals surface area contributed by atoms with Crippen molar-refractivity contribution in [3.63, 3.8) is 0 Å². The Morgan fingerprint density at radius 3 is 2.80 bits per heavy atom. The lowest BCUT2D eigenvalue weighted by Gasteiger charge is -2.08. The summed E-state index contributed by atoms with van der Waals surface area (Å²) < 4.78 is 1.41. The molecule has 0 N–H and O–H groups in total. The third-order valence-electron chi connectivity index (χ3n) is 2.61. The number of rotatable bonds is 4. The first kappa shape index (κ1) is 10.7. The summed E-state index contributed by atoms with van der Waals surface area (Å²) in [6, 6.07) is 8.68. The van der Waals surface area contributed by atoms with Crippen molar-refractivity contribution < 1.29 is 0 Å². The van der Waals surface area contributed by atoms with E-state index >= 15 is 0 Å². The third kappa shape index (κ3) is 2.58. The first-order valence-electron chi connectivity index (χ1n) is 5.37. The number of hydrogen-bond donors (Lipinski definition) is 0. The second kappa shape index (κ2) is 4.77. The summed E-state index contributed by atoms with van der Waals surface area (Å²) in [5.74, 6) is 0. The third-order valence-corrected chi connectivity index (χ3v) is 3.62. The van der Waals surface area contributed by atoms with Gasteiger partial charge in [0.05, 0.1) is 0 Å². The van der Waals surface area contributed by atoms with Gasteiger partial charge in [0.1, 0.15) is 0 Å². The molecule has 0 spiro atoms. The molecule has 0 amide bonds. The first-order chi connectivity index (χ1) is 7.27. The lowest BCUT2D eigenvalue weighted by molar-refractivity contribution is 0.400. The van der Waals surface area contributed by atoms with Gasteiger partial charge in [-0.15, -0.1) is 11.3 Å². The molecule has 15 heavy (non-hydrogen) atoms. The zero-order valence-corrected chi connectivity index (χ0v) is 10.2. The van der Waals surface area contributed by atoms with Gasteiger partial charge in [-0.2, -0.15) is 0 Å². The highest BCUT2D eigenvalue weighted by Gasteiger charge is 2.02. The second-order valence-corrected chi connectivity index (χ2v) is 5.08. The van der Waals surface area contributed by atoms with Crippen LogP contribution in [0.5, 0.6) is 0 Å². The van der Waals surface area contributed by atoms with Gasteiger partial charge < -0.3 is 4.90 Å². The van der Waals surface area contributed by atoms with E-state index in [1.807, 2.05) is 11.3 Å².